The van der Waals surface area contributed by atoms with Gasteiger partial charge in [-0.1, -0.05) is 420 Å². The Morgan fingerprint density at radius 3 is 0.883 bits per heavy atom. The molecule has 0 N–H and O–H groups in total. The standard InChI is InChI=1S/C68H48N2.C65H44N2/c1-67(2)58-27-13-11-24-53(58)55-40-38-50(44-62(55)67)69(49-36-33-46(34-37-49)45-19-5-3-6-20-45)64-42-41-51(52-23-9-10-26-57(52)64)47-35-39-56-54-25-12-14-28-59(54)68(63(56)43-47)60-29-15-17-31-65(60)70(48-21-7-4-8-22-48)66-32-18-16-30-61(66)68;1-4-20-45(21-5-1)46-36-39-50(40-37-46)66(61-33-17-13-26-52(61)47-22-6-2-7-23-47)62-43-42-51(53-27-10-11-29-56(53)62)48-38-41-55-54-28-12-14-30-57(54)65(60(55)44-48)58-31-15-18-34-63(58)67(49-24-8-3-9-25-49)64-35-19-16-32-59(64)65/h3-44H,1-2H3;1-44H. The Balaban J connectivity index is 0.000000142. The van der Waals surface area contributed by atoms with Crippen molar-refractivity contribution in [2.75, 3.05) is 19.6 Å². The van der Waals surface area contributed by atoms with E-state index in [9.17, 15) is 0 Å². The van der Waals surface area contributed by atoms with Gasteiger partial charge in [-0.3, -0.25) is 0 Å². The first-order valence-electron chi connectivity index (χ1n) is 47.7. The van der Waals surface area contributed by atoms with Crippen molar-refractivity contribution in [3.8, 4) is 89.0 Å². The van der Waals surface area contributed by atoms with Gasteiger partial charge in [-0.25, -0.2) is 0 Å². The number of anilines is 12. The Morgan fingerprint density at radius 1 is 0.161 bits per heavy atom. The summed E-state index contributed by atoms with van der Waals surface area (Å²) in [5.74, 6) is 0. The summed E-state index contributed by atoms with van der Waals surface area (Å²) in [6.07, 6.45) is 0. The minimum absolute atomic E-state index is 0.138. The van der Waals surface area contributed by atoms with Gasteiger partial charge in [0.2, 0.25) is 0 Å². The Labute approximate surface area is 800 Å². The summed E-state index contributed by atoms with van der Waals surface area (Å²) in [4.78, 5) is 9.83. The molecule has 0 unspecified atom stereocenters. The van der Waals surface area contributed by atoms with Crippen LogP contribution in [0.4, 0.5) is 68.2 Å². The molecule has 4 nitrogen and oxygen atoms in total. The molecule has 4 heteroatoms. The fourth-order valence-electron chi connectivity index (χ4n) is 23.8. The average molecular weight is 1750 g/mol. The highest BCUT2D eigenvalue weighted by Gasteiger charge is 2.54. The van der Waals surface area contributed by atoms with Crippen molar-refractivity contribution in [3.05, 3.63) is 577 Å². The Morgan fingerprint density at radius 2 is 0.445 bits per heavy atom. The lowest BCUT2D eigenvalue weighted by atomic mass is 9.64. The first kappa shape index (κ1) is 80.4. The number of rotatable bonds is 13. The highest BCUT2D eigenvalue weighted by atomic mass is 15.2. The monoisotopic (exact) mass is 1740 g/mol. The number of nitrogens with zero attached hydrogens (tertiary/aromatic N) is 4. The number of fused-ring (bicyclic) bond motifs is 23. The molecule has 0 saturated carbocycles. The van der Waals surface area contributed by atoms with Gasteiger partial charge in [-0.15, -0.1) is 0 Å². The fourth-order valence-corrected chi connectivity index (χ4v) is 23.8. The molecular formula is C133H92N4. The van der Waals surface area contributed by atoms with E-state index in [1.165, 1.54) is 189 Å². The zero-order valence-electron chi connectivity index (χ0n) is 75.9. The fraction of sp³-hybridized carbons (Fsp3) is 0.0376. The van der Waals surface area contributed by atoms with Crippen LogP contribution in [-0.4, -0.2) is 0 Å². The van der Waals surface area contributed by atoms with Crippen LogP contribution in [0.15, 0.2) is 522 Å². The van der Waals surface area contributed by atoms with Crippen molar-refractivity contribution in [2.24, 2.45) is 0 Å². The number of para-hydroxylation sites is 7. The minimum atomic E-state index is -0.542. The summed E-state index contributed by atoms with van der Waals surface area (Å²) in [5.41, 5.74) is 45.5. The molecule has 137 heavy (non-hydrogen) atoms. The van der Waals surface area contributed by atoms with Crippen LogP contribution in [0.5, 0.6) is 0 Å². The van der Waals surface area contributed by atoms with Crippen LogP contribution in [0.2, 0.25) is 0 Å². The summed E-state index contributed by atoms with van der Waals surface area (Å²) in [6, 6.07) is 193. The lowest BCUT2D eigenvalue weighted by Gasteiger charge is -2.45. The molecule has 0 atom stereocenters. The summed E-state index contributed by atoms with van der Waals surface area (Å²) in [6.45, 7) is 4.74. The maximum Gasteiger partial charge on any atom is 0.0754 e. The van der Waals surface area contributed by atoms with E-state index < -0.39 is 10.8 Å². The van der Waals surface area contributed by atoms with Crippen LogP contribution < -0.4 is 19.6 Å². The van der Waals surface area contributed by atoms with Crippen molar-refractivity contribution in [1.82, 2.24) is 0 Å². The molecule has 0 bridgehead atoms. The second-order valence-corrected chi connectivity index (χ2v) is 37.2. The third-order valence-electron chi connectivity index (χ3n) is 29.7. The number of hydrogen-bond donors (Lipinski definition) is 0. The van der Waals surface area contributed by atoms with Gasteiger partial charge in [-0.05, 0) is 265 Å². The predicted octanol–water partition coefficient (Wildman–Crippen LogP) is 35.6. The van der Waals surface area contributed by atoms with E-state index in [0.717, 1.165) is 45.5 Å². The van der Waals surface area contributed by atoms with Crippen molar-refractivity contribution in [1.29, 1.82) is 0 Å². The molecule has 22 aromatic rings. The third-order valence-corrected chi connectivity index (χ3v) is 29.7. The first-order valence-corrected chi connectivity index (χ1v) is 47.7. The molecule has 3 aliphatic carbocycles. The summed E-state index contributed by atoms with van der Waals surface area (Å²) in [7, 11) is 0. The van der Waals surface area contributed by atoms with Gasteiger partial charge >= 0.3 is 0 Å². The lowest BCUT2D eigenvalue weighted by molar-refractivity contribution is 0.660. The van der Waals surface area contributed by atoms with Crippen molar-refractivity contribution in [3.63, 3.8) is 0 Å². The zero-order chi connectivity index (χ0) is 90.9. The predicted molar refractivity (Wildman–Crippen MR) is 573 cm³/mol. The van der Waals surface area contributed by atoms with Gasteiger partial charge in [0, 0.05) is 50.2 Å². The van der Waals surface area contributed by atoms with Gasteiger partial charge < -0.3 is 19.6 Å². The second kappa shape index (κ2) is 32.5. The van der Waals surface area contributed by atoms with Crippen LogP contribution in [0.1, 0.15) is 69.5 Å². The van der Waals surface area contributed by atoms with E-state index in [2.05, 4.69) is 555 Å². The first-order chi connectivity index (χ1) is 67.8. The van der Waals surface area contributed by atoms with E-state index >= 15 is 0 Å². The molecule has 0 aromatic heterocycles. The molecule has 22 aromatic carbocycles. The van der Waals surface area contributed by atoms with Crippen LogP contribution in [-0.2, 0) is 16.2 Å². The topological polar surface area (TPSA) is 13.0 Å². The Hall–Kier alpha value is -17.4. The minimum Gasteiger partial charge on any atom is -0.310 e. The van der Waals surface area contributed by atoms with Crippen LogP contribution in [0, 0.1) is 0 Å². The summed E-state index contributed by atoms with van der Waals surface area (Å²) in [5, 5.41) is 4.79. The van der Waals surface area contributed by atoms with Crippen LogP contribution in [0.3, 0.4) is 0 Å². The highest BCUT2D eigenvalue weighted by molar-refractivity contribution is 6.11. The molecular weight excluding hydrogens is 1650 g/mol. The smallest absolute Gasteiger partial charge is 0.0754 e. The normalized spacial score (nSPS) is 13.5. The van der Waals surface area contributed by atoms with Crippen molar-refractivity contribution in [2.45, 2.75) is 30.1 Å². The van der Waals surface area contributed by atoms with Crippen molar-refractivity contribution >= 4 is 89.8 Å². The Kier molecular flexibility index (Phi) is 19.1. The third kappa shape index (κ3) is 12.6. The molecule has 0 fully saturated rings. The SMILES string of the molecule is CC1(C)c2ccccc2-c2ccc(N(c3ccc(-c4ccccc4)cc3)c3ccc(-c4ccc5c(c4)C4(c6ccccc6-5)c5ccccc5N(c5ccccc5)c5ccccc54)c4ccccc34)cc21.c1ccc(-c2ccc(N(c3ccccc3-c3ccccc3)c3ccc(-c4ccc5c(c4)C4(c6ccccc6-5)c5ccccc5N(c5ccccc5)c5ccccc54)c4ccccc34)cc2)cc1. The van der Waals surface area contributed by atoms with Crippen LogP contribution in [0.25, 0.3) is 111 Å². The van der Waals surface area contributed by atoms with E-state index in [1.54, 1.807) is 0 Å². The summed E-state index contributed by atoms with van der Waals surface area (Å²) >= 11 is 0. The molecule has 2 aliphatic heterocycles. The maximum atomic E-state index is 2.52. The van der Waals surface area contributed by atoms with Gasteiger partial charge in [0.1, 0.15) is 0 Å². The quantitative estimate of drug-likeness (QED) is 0.114. The van der Waals surface area contributed by atoms with Crippen molar-refractivity contribution < 1.29 is 0 Å². The van der Waals surface area contributed by atoms with Crippen LogP contribution >= 0.6 is 0 Å². The summed E-state index contributed by atoms with van der Waals surface area (Å²) < 4.78 is 0. The molecule has 2 heterocycles. The molecule has 0 saturated heterocycles. The molecule has 2 spiro atoms. The molecule has 5 aliphatic rings. The van der Waals surface area contributed by atoms with Gasteiger partial charge in [0.15, 0.2) is 0 Å². The molecule has 644 valence electrons. The van der Waals surface area contributed by atoms with E-state index in [1.807, 2.05) is 0 Å². The van der Waals surface area contributed by atoms with E-state index in [0.29, 0.717) is 0 Å². The second-order valence-electron chi connectivity index (χ2n) is 37.2. The molecule has 0 radical (unpaired) electrons. The maximum absolute atomic E-state index is 2.52. The molecule has 27 rings (SSSR count). The largest absolute Gasteiger partial charge is 0.310 e. The van der Waals surface area contributed by atoms with E-state index in [4.69, 9.17) is 0 Å². The Bertz CT molecular complexity index is 8400. The van der Waals surface area contributed by atoms with E-state index in [-0.39, 0.29) is 5.41 Å². The van der Waals surface area contributed by atoms with Gasteiger partial charge in [0.05, 0.1) is 50.6 Å². The highest BCUT2D eigenvalue weighted by Crippen LogP contribution is 2.67. The average Bonchev–Trinajstić information content (AvgIpc) is 1.52. The van der Waals surface area contributed by atoms with Gasteiger partial charge in [0.25, 0.3) is 0 Å². The number of benzene rings is 22. The lowest BCUT2D eigenvalue weighted by Crippen LogP contribution is -2.36. The zero-order valence-corrected chi connectivity index (χ0v) is 75.9. The molecule has 0 amide bonds. The number of hydrogen-bond acceptors (Lipinski definition) is 4. The van der Waals surface area contributed by atoms with Gasteiger partial charge in [-0.2, -0.15) is 0 Å².